The summed E-state index contributed by atoms with van der Waals surface area (Å²) >= 11 is 0. The molecule has 0 spiro atoms. The van der Waals surface area contributed by atoms with Crippen LogP contribution < -0.4 is 5.73 Å². The molecule has 2 nitrogen and oxygen atoms in total. The van der Waals surface area contributed by atoms with Gasteiger partial charge in [0.15, 0.2) is 0 Å². The molecule has 0 fully saturated rings. The standard InChI is InChI=1S/C15H23NO/c1-9(2)12-7-6-8-13(10(3)4)14(12)11(5)15(16)17/h6-11H,1-5H3,(H2,16,17). The van der Waals surface area contributed by atoms with Crippen LogP contribution in [0.3, 0.4) is 0 Å². The Kier molecular flexibility index (Phi) is 4.33. The van der Waals surface area contributed by atoms with Gasteiger partial charge in [-0.2, -0.15) is 0 Å². The molecule has 1 amide bonds. The van der Waals surface area contributed by atoms with E-state index in [1.54, 1.807) is 0 Å². The van der Waals surface area contributed by atoms with Gasteiger partial charge in [-0.1, -0.05) is 45.9 Å². The summed E-state index contributed by atoms with van der Waals surface area (Å²) in [5.41, 5.74) is 9.07. The second-order valence-electron chi connectivity index (χ2n) is 5.28. The van der Waals surface area contributed by atoms with Gasteiger partial charge in [0, 0.05) is 0 Å². The Labute approximate surface area is 104 Å². The zero-order valence-corrected chi connectivity index (χ0v) is 11.4. The van der Waals surface area contributed by atoms with E-state index in [1.807, 2.05) is 6.92 Å². The van der Waals surface area contributed by atoms with E-state index in [0.29, 0.717) is 11.8 Å². The number of hydrogen-bond acceptors (Lipinski definition) is 1. The van der Waals surface area contributed by atoms with Crippen LogP contribution in [0.5, 0.6) is 0 Å². The number of amides is 1. The Morgan fingerprint density at radius 2 is 1.41 bits per heavy atom. The third-order valence-corrected chi connectivity index (χ3v) is 3.28. The molecule has 1 atom stereocenters. The summed E-state index contributed by atoms with van der Waals surface area (Å²) in [5, 5.41) is 0. The van der Waals surface area contributed by atoms with Gasteiger partial charge in [-0.15, -0.1) is 0 Å². The molecule has 0 saturated carbocycles. The first-order valence-electron chi connectivity index (χ1n) is 6.28. The second-order valence-corrected chi connectivity index (χ2v) is 5.28. The number of nitrogens with two attached hydrogens (primary N) is 1. The Morgan fingerprint density at radius 1 is 1.00 bits per heavy atom. The highest BCUT2D eigenvalue weighted by molar-refractivity contribution is 5.82. The third kappa shape index (κ3) is 2.87. The van der Waals surface area contributed by atoms with Gasteiger partial charge in [0.2, 0.25) is 5.91 Å². The van der Waals surface area contributed by atoms with Crippen LogP contribution in [0.4, 0.5) is 0 Å². The van der Waals surface area contributed by atoms with Gasteiger partial charge in [0.1, 0.15) is 0 Å². The molecule has 1 aromatic carbocycles. The quantitative estimate of drug-likeness (QED) is 0.849. The highest BCUT2D eigenvalue weighted by Crippen LogP contribution is 2.33. The van der Waals surface area contributed by atoms with Crippen molar-refractivity contribution in [3.05, 3.63) is 34.9 Å². The molecule has 0 heterocycles. The number of carbonyl (C=O) groups is 1. The first-order chi connectivity index (χ1) is 7.86. The molecular weight excluding hydrogens is 210 g/mol. The Balaban J connectivity index is 3.43. The summed E-state index contributed by atoms with van der Waals surface area (Å²) in [6.07, 6.45) is 0. The minimum atomic E-state index is -0.250. The van der Waals surface area contributed by atoms with E-state index in [0.717, 1.165) is 5.56 Å². The van der Waals surface area contributed by atoms with Crippen molar-refractivity contribution in [1.82, 2.24) is 0 Å². The highest BCUT2D eigenvalue weighted by Gasteiger charge is 2.21. The molecule has 1 unspecified atom stereocenters. The molecule has 0 radical (unpaired) electrons. The smallest absolute Gasteiger partial charge is 0.224 e. The van der Waals surface area contributed by atoms with E-state index in [1.165, 1.54) is 11.1 Å². The molecule has 2 N–H and O–H groups in total. The van der Waals surface area contributed by atoms with Crippen LogP contribution >= 0.6 is 0 Å². The van der Waals surface area contributed by atoms with Crippen molar-refractivity contribution in [2.45, 2.75) is 52.4 Å². The van der Waals surface area contributed by atoms with Gasteiger partial charge in [-0.25, -0.2) is 0 Å². The summed E-state index contributed by atoms with van der Waals surface area (Å²) in [5.74, 6) is 0.349. The van der Waals surface area contributed by atoms with Crippen molar-refractivity contribution >= 4 is 5.91 Å². The predicted octanol–water partition coefficient (Wildman–Crippen LogP) is 3.52. The average Bonchev–Trinajstić information content (AvgIpc) is 2.26. The molecule has 1 rings (SSSR count). The minimum Gasteiger partial charge on any atom is -0.369 e. The number of hydrogen-bond donors (Lipinski definition) is 1. The lowest BCUT2D eigenvalue weighted by Gasteiger charge is -2.22. The number of carbonyl (C=O) groups excluding carboxylic acids is 1. The second kappa shape index (κ2) is 5.35. The van der Waals surface area contributed by atoms with Gasteiger partial charge in [-0.05, 0) is 35.4 Å². The van der Waals surface area contributed by atoms with Gasteiger partial charge in [0.05, 0.1) is 5.92 Å². The van der Waals surface area contributed by atoms with E-state index in [2.05, 4.69) is 45.9 Å². The van der Waals surface area contributed by atoms with E-state index in [4.69, 9.17) is 5.73 Å². The minimum absolute atomic E-state index is 0.217. The fourth-order valence-corrected chi connectivity index (χ4v) is 2.25. The lowest BCUT2D eigenvalue weighted by atomic mass is 9.82. The zero-order valence-electron chi connectivity index (χ0n) is 11.4. The molecule has 0 aliphatic rings. The van der Waals surface area contributed by atoms with Crippen LogP contribution in [0.25, 0.3) is 0 Å². The zero-order chi connectivity index (χ0) is 13.2. The molecule has 0 saturated heterocycles. The van der Waals surface area contributed by atoms with Crippen LogP contribution in [0, 0.1) is 0 Å². The van der Waals surface area contributed by atoms with Crippen molar-refractivity contribution in [2.24, 2.45) is 5.73 Å². The van der Waals surface area contributed by atoms with Crippen LogP contribution in [-0.4, -0.2) is 5.91 Å². The Morgan fingerprint density at radius 3 is 1.71 bits per heavy atom. The average molecular weight is 233 g/mol. The Bertz CT molecular complexity index is 381. The van der Waals surface area contributed by atoms with E-state index in [9.17, 15) is 4.79 Å². The molecular formula is C15H23NO. The van der Waals surface area contributed by atoms with Gasteiger partial charge in [0.25, 0.3) is 0 Å². The predicted molar refractivity (Wildman–Crippen MR) is 72.2 cm³/mol. The topological polar surface area (TPSA) is 43.1 Å². The summed E-state index contributed by atoms with van der Waals surface area (Å²) in [7, 11) is 0. The van der Waals surface area contributed by atoms with Gasteiger partial charge in [-0.3, -0.25) is 4.79 Å². The Hall–Kier alpha value is -1.31. The monoisotopic (exact) mass is 233 g/mol. The van der Waals surface area contributed by atoms with Crippen molar-refractivity contribution < 1.29 is 4.79 Å². The van der Waals surface area contributed by atoms with Crippen LogP contribution in [0.15, 0.2) is 18.2 Å². The normalized spacial score (nSPS) is 13.1. The maximum Gasteiger partial charge on any atom is 0.224 e. The molecule has 0 aromatic heterocycles. The maximum atomic E-state index is 11.5. The SMILES string of the molecule is CC(C)c1cccc(C(C)C)c1C(C)C(N)=O. The molecule has 94 valence electrons. The fourth-order valence-electron chi connectivity index (χ4n) is 2.25. The van der Waals surface area contributed by atoms with E-state index < -0.39 is 0 Å². The lowest BCUT2D eigenvalue weighted by molar-refractivity contribution is -0.119. The van der Waals surface area contributed by atoms with Crippen LogP contribution in [0.1, 0.15) is 69.1 Å². The van der Waals surface area contributed by atoms with Crippen molar-refractivity contribution in [1.29, 1.82) is 0 Å². The van der Waals surface area contributed by atoms with E-state index in [-0.39, 0.29) is 11.8 Å². The number of primary amides is 1. The molecule has 1 aromatic rings. The fraction of sp³-hybridized carbons (Fsp3) is 0.533. The molecule has 0 bridgehead atoms. The van der Waals surface area contributed by atoms with Crippen LogP contribution in [-0.2, 0) is 4.79 Å². The maximum absolute atomic E-state index is 11.5. The van der Waals surface area contributed by atoms with Crippen LogP contribution in [0.2, 0.25) is 0 Å². The van der Waals surface area contributed by atoms with Crippen molar-refractivity contribution in [3.63, 3.8) is 0 Å². The number of benzene rings is 1. The first kappa shape index (κ1) is 13.8. The summed E-state index contributed by atoms with van der Waals surface area (Å²) in [4.78, 5) is 11.5. The largest absolute Gasteiger partial charge is 0.369 e. The number of rotatable bonds is 4. The summed E-state index contributed by atoms with van der Waals surface area (Å²) in [6, 6.07) is 6.28. The van der Waals surface area contributed by atoms with Crippen molar-refractivity contribution in [3.8, 4) is 0 Å². The van der Waals surface area contributed by atoms with Gasteiger partial charge < -0.3 is 5.73 Å². The van der Waals surface area contributed by atoms with Crippen molar-refractivity contribution in [2.75, 3.05) is 0 Å². The molecule has 0 aliphatic carbocycles. The third-order valence-electron chi connectivity index (χ3n) is 3.28. The first-order valence-corrected chi connectivity index (χ1v) is 6.28. The molecule has 0 aliphatic heterocycles. The van der Waals surface area contributed by atoms with E-state index >= 15 is 0 Å². The summed E-state index contributed by atoms with van der Waals surface area (Å²) < 4.78 is 0. The summed E-state index contributed by atoms with van der Waals surface area (Å²) in [6.45, 7) is 10.5. The lowest BCUT2D eigenvalue weighted by Crippen LogP contribution is -2.21. The van der Waals surface area contributed by atoms with Gasteiger partial charge >= 0.3 is 0 Å². The highest BCUT2D eigenvalue weighted by atomic mass is 16.1. The molecule has 2 heteroatoms. The molecule has 17 heavy (non-hydrogen) atoms.